The van der Waals surface area contributed by atoms with Crippen LogP contribution in [0.3, 0.4) is 0 Å². The Balaban J connectivity index is 1.58. The van der Waals surface area contributed by atoms with Gasteiger partial charge in [0.15, 0.2) is 0 Å². The molecule has 1 aromatic carbocycles. The van der Waals surface area contributed by atoms with E-state index in [1.165, 1.54) is 6.20 Å². The number of carbonyl (C=O) groups is 1. The molecule has 1 aliphatic heterocycles. The minimum Gasteiger partial charge on any atom is -0.492 e. The van der Waals surface area contributed by atoms with Gasteiger partial charge in [0.2, 0.25) is 0 Å². The predicted molar refractivity (Wildman–Crippen MR) is 107 cm³/mol. The van der Waals surface area contributed by atoms with Gasteiger partial charge in [-0.25, -0.2) is 4.39 Å². The summed E-state index contributed by atoms with van der Waals surface area (Å²) in [6.07, 6.45) is 5.01. The average Bonchev–Trinajstić information content (AvgIpc) is 2.68. The van der Waals surface area contributed by atoms with Crippen molar-refractivity contribution in [1.82, 2.24) is 15.2 Å². The van der Waals surface area contributed by atoms with Crippen molar-refractivity contribution in [3.63, 3.8) is 0 Å². The minimum absolute atomic E-state index is 0.0704. The Labute approximate surface area is 165 Å². The third-order valence-electron chi connectivity index (χ3n) is 4.88. The van der Waals surface area contributed by atoms with E-state index in [0.29, 0.717) is 35.9 Å². The van der Waals surface area contributed by atoms with Crippen molar-refractivity contribution in [3.05, 3.63) is 59.7 Å². The van der Waals surface area contributed by atoms with Gasteiger partial charge in [-0.05, 0) is 51.4 Å². The SMILES string of the molecule is CC(C)NC(=O)c1ccccc1OCC1CCCN(Cc2ccncc2F)C1. The summed E-state index contributed by atoms with van der Waals surface area (Å²) in [6.45, 7) is 6.79. The fourth-order valence-corrected chi connectivity index (χ4v) is 3.53. The number of aromatic nitrogens is 1. The zero-order valence-corrected chi connectivity index (χ0v) is 16.5. The molecule has 0 spiro atoms. The third kappa shape index (κ3) is 5.52. The number of benzene rings is 1. The number of piperidine rings is 1. The number of nitrogens with one attached hydrogen (secondary N) is 1. The number of nitrogens with zero attached hydrogens (tertiary/aromatic N) is 2. The number of amides is 1. The molecule has 6 heteroatoms. The molecule has 1 N–H and O–H groups in total. The number of carbonyl (C=O) groups excluding carboxylic acids is 1. The fourth-order valence-electron chi connectivity index (χ4n) is 3.53. The lowest BCUT2D eigenvalue weighted by atomic mass is 9.98. The van der Waals surface area contributed by atoms with Crippen LogP contribution in [0.2, 0.25) is 0 Å². The summed E-state index contributed by atoms with van der Waals surface area (Å²) in [7, 11) is 0. The quantitative estimate of drug-likeness (QED) is 0.790. The standard InChI is InChI=1S/C22H28FN3O2/c1-16(2)25-22(27)19-7-3-4-8-21(19)28-15-17-6-5-11-26(13-17)14-18-9-10-24-12-20(18)23/h3-4,7-10,12,16-17H,5-6,11,13-15H2,1-2H3,(H,25,27). The monoisotopic (exact) mass is 385 g/mol. The number of hydrogen-bond donors (Lipinski definition) is 1. The molecule has 1 fully saturated rings. The summed E-state index contributed by atoms with van der Waals surface area (Å²) in [5.74, 6) is 0.577. The first-order valence-electron chi connectivity index (χ1n) is 9.86. The molecule has 150 valence electrons. The van der Waals surface area contributed by atoms with E-state index in [2.05, 4.69) is 15.2 Å². The molecular weight excluding hydrogens is 357 g/mol. The molecule has 0 saturated carbocycles. The van der Waals surface area contributed by atoms with Crippen molar-refractivity contribution in [3.8, 4) is 5.75 Å². The van der Waals surface area contributed by atoms with Gasteiger partial charge in [-0.1, -0.05) is 12.1 Å². The molecule has 1 aromatic heterocycles. The van der Waals surface area contributed by atoms with Crippen LogP contribution in [0.15, 0.2) is 42.7 Å². The molecule has 0 bridgehead atoms. The second-order valence-corrected chi connectivity index (χ2v) is 7.65. The van der Waals surface area contributed by atoms with Crippen LogP contribution in [0.4, 0.5) is 4.39 Å². The molecule has 0 aliphatic carbocycles. The molecule has 1 aliphatic rings. The van der Waals surface area contributed by atoms with Crippen LogP contribution in [-0.2, 0) is 6.54 Å². The predicted octanol–water partition coefficient (Wildman–Crippen LogP) is 3.65. The van der Waals surface area contributed by atoms with E-state index in [9.17, 15) is 9.18 Å². The highest BCUT2D eigenvalue weighted by Crippen LogP contribution is 2.23. The number of pyridine rings is 1. The smallest absolute Gasteiger partial charge is 0.255 e. The van der Waals surface area contributed by atoms with Crippen molar-refractivity contribution >= 4 is 5.91 Å². The van der Waals surface area contributed by atoms with Crippen molar-refractivity contribution in [1.29, 1.82) is 0 Å². The van der Waals surface area contributed by atoms with Crippen LogP contribution >= 0.6 is 0 Å². The van der Waals surface area contributed by atoms with Gasteiger partial charge in [0.05, 0.1) is 18.4 Å². The van der Waals surface area contributed by atoms with Gasteiger partial charge in [0.25, 0.3) is 5.91 Å². The van der Waals surface area contributed by atoms with Crippen molar-refractivity contribution < 1.29 is 13.9 Å². The van der Waals surface area contributed by atoms with Crippen molar-refractivity contribution in [2.24, 2.45) is 5.92 Å². The largest absolute Gasteiger partial charge is 0.492 e. The zero-order chi connectivity index (χ0) is 19.9. The van der Waals surface area contributed by atoms with Gasteiger partial charge in [-0.3, -0.25) is 14.7 Å². The molecule has 5 nitrogen and oxygen atoms in total. The molecule has 3 rings (SSSR count). The maximum atomic E-state index is 13.9. The van der Waals surface area contributed by atoms with E-state index < -0.39 is 0 Å². The maximum absolute atomic E-state index is 13.9. The summed E-state index contributed by atoms with van der Waals surface area (Å²) in [6, 6.07) is 9.14. The lowest BCUT2D eigenvalue weighted by molar-refractivity contribution is 0.0932. The van der Waals surface area contributed by atoms with Crippen LogP contribution in [0, 0.1) is 11.7 Å². The lowest BCUT2D eigenvalue weighted by Gasteiger charge is -2.32. The zero-order valence-electron chi connectivity index (χ0n) is 16.5. The van der Waals surface area contributed by atoms with Gasteiger partial charge < -0.3 is 10.1 Å². The van der Waals surface area contributed by atoms with Crippen LogP contribution in [0.5, 0.6) is 5.75 Å². The molecule has 1 amide bonds. The topological polar surface area (TPSA) is 54.5 Å². The van der Waals surface area contributed by atoms with E-state index in [1.54, 1.807) is 18.3 Å². The molecule has 1 unspecified atom stereocenters. The second kappa shape index (κ2) is 9.64. The van der Waals surface area contributed by atoms with Gasteiger partial charge in [-0.2, -0.15) is 0 Å². The maximum Gasteiger partial charge on any atom is 0.255 e. The van der Waals surface area contributed by atoms with Gasteiger partial charge in [-0.15, -0.1) is 0 Å². The van der Waals surface area contributed by atoms with E-state index in [0.717, 1.165) is 25.9 Å². The van der Waals surface area contributed by atoms with Gasteiger partial charge >= 0.3 is 0 Å². The van der Waals surface area contributed by atoms with Crippen LogP contribution in [-0.4, -0.2) is 41.5 Å². The molecule has 2 aromatic rings. The third-order valence-corrected chi connectivity index (χ3v) is 4.88. The van der Waals surface area contributed by atoms with E-state index >= 15 is 0 Å². The highest BCUT2D eigenvalue weighted by Gasteiger charge is 2.22. The number of ether oxygens (including phenoxy) is 1. The van der Waals surface area contributed by atoms with E-state index in [-0.39, 0.29) is 17.8 Å². The number of likely N-dealkylation sites (tertiary alicyclic amines) is 1. The molecular formula is C22H28FN3O2. The Morgan fingerprint density at radius 1 is 1.36 bits per heavy atom. The summed E-state index contributed by atoms with van der Waals surface area (Å²) in [5.41, 5.74) is 1.23. The van der Waals surface area contributed by atoms with Crippen molar-refractivity contribution in [2.45, 2.75) is 39.3 Å². The Hall–Kier alpha value is -2.47. The van der Waals surface area contributed by atoms with Crippen LogP contribution in [0.1, 0.15) is 42.6 Å². The Morgan fingerprint density at radius 2 is 2.18 bits per heavy atom. The summed E-state index contributed by atoms with van der Waals surface area (Å²) in [4.78, 5) is 18.4. The normalized spacial score (nSPS) is 17.5. The molecule has 1 atom stereocenters. The highest BCUT2D eigenvalue weighted by molar-refractivity contribution is 5.97. The summed E-state index contributed by atoms with van der Waals surface area (Å²) >= 11 is 0. The lowest BCUT2D eigenvalue weighted by Crippen LogP contribution is -2.37. The first-order chi connectivity index (χ1) is 13.5. The number of rotatable bonds is 7. The second-order valence-electron chi connectivity index (χ2n) is 7.65. The van der Waals surface area contributed by atoms with Crippen LogP contribution < -0.4 is 10.1 Å². The fraction of sp³-hybridized carbons (Fsp3) is 0.455. The number of para-hydroxylation sites is 1. The van der Waals surface area contributed by atoms with E-state index in [4.69, 9.17) is 4.74 Å². The van der Waals surface area contributed by atoms with Crippen molar-refractivity contribution in [2.75, 3.05) is 19.7 Å². The number of halogens is 1. The summed E-state index contributed by atoms with van der Waals surface area (Å²) in [5, 5.41) is 2.91. The molecule has 1 saturated heterocycles. The molecule has 28 heavy (non-hydrogen) atoms. The summed E-state index contributed by atoms with van der Waals surface area (Å²) < 4.78 is 19.9. The van der Waals surface area contributed by atoms with Crippen LogP contribution in [0.25, 0.3) is 0 Å². The Kier molecular flexibility index (Phi) is 6.98. The first-order valence-corrected chi connectivity index (χ1v) is 9.86. The molecule has 0 radical (unpaired) electrons. The Morgan fingerprint density at radius 3 is 2.96 bits per heavy atom. The van der Waals surface area contributed by atoms with Gasteiger partial charge in [0.1, 0.15) is 11.6 Å². The number of hydrogen-bond acceptors (Lipinski definition) is 4. The first kappa shape index (κ1) is 20.3. The van der Waals surface area contributed by atoms with E-state index in [1.807, 2.05) is 32.0 Å². The minimum atomic E-state index is -0.258. The highest BCUT2D eigenvalue weighted by atomic mass is 19.1. The Bertz CT molecular complexity index is 797. The molecule has 2 heterocycles. The average molecular weight is 385 g/mol. The van der Waals surface area contributed by atoms with Gasteiger partial charge in [0, 0.05) is 36.8 Å².